The van der Waals surface area contributed by atoms with E-state index in [2.05, 4.69) is 26.5 Å². The molecule has 3 rings (SSSR count). The highest BCUT2D eigenvalue weighted by molar-refractivity contribution is 5.92. The Bertz CT molecular complexity index is 1090. The molecule has 1 saturated heterocycles. The van der Waals surface area contributed by atoms with Crippen LogP contribution in [0, 0.1) is 17.8 Å². The number of urea groups is 1. The summed E-state index contributed by atoms with van der Waals surface area (Å²) in [5, 5.41) is 12.5. The van der Waals surface area contributed by atoms with Gasteiger partial charge in [0.25, 0.3) is 0 Å². The standard InChI is InChI=1S/C31H49N7O5/c1-5-24(17-35-37-31(42)34-16-21-11-13-23(14-12-21)28(39)33-4)36-29(40)26-15-25(43-19-22-9-7-6-8-10-22)18-38(26)30(41)27(32)20(2)3/h6-10,17,20-21,23-27H,5,11-16,18-19,32H2,1-4H3,(H,33,39)(H,36,40)(H2,34,37,42)/b35-17+/t21-,23-,24-,25+,26-,27-/m0/s1. The molecule has 1 aromatic rings. The molecule has 2 fully saturated rings. The average molecular weight is 600 g/mol. The Balaban J connectivity index is 1.50. The van der Waals surface area contributed by atoms with Gasteiger partial charge in [-0.25, -0.2) is 10.2 Å². The van der Waals surface area contributed by atoms with Crippen LogP contribution in [0.2, 0.25) is 0 Å². The first kappa shape index (κ1) is 34.0. The number of carbonyl (C=O) groups excluding carboxylic acids is 4. The Kier molecular flexibility index (Phi) is 13.4. The molecule has 0 unspecified atom stereocenters. The van der Waals surface area contributed by atoms with Crippen molar-refractivity contribution in [3.05, 3.63) is 35.9 Å². The second-order valence-corrected chi connectivity index (χ2v) is 11.9. The van der Waals surface area contributed by atoms with Crippen LogP contribution in [0.25, 0.3) is 0 Å². The van der Waals surface area contributed by atoms with Gasteiger partial charge < -0.3 is 31.3 Å². The van der Waals surface area contributed by atoms with Crippen molar-refractivity contribution in [2.24, 2.45) is 28.6 Å². The number of nitrogens with one attached hydrogen (secondary N) is 4. The molecule has 1 saturated carbocycles. The number of hydrazone groups is 1. The molecule has 0 spiro atoms. The third-order valence-electron chi connectivity index (χ3n) is 8.38. The Morgan fingerprint density at radius 1 is 1.09 bits per heavy atom. The minimum atomic E-state index is -0.727. The molecular formula is C31H49N7O5. The molecule has 6 N–H and O–H groups in total. The lowest BCUT2D eigenvalue weighted by Crippen LogP contribution is -2.54. The number of hydrogen-bond donors (Lipinski definition) is 5. The maximum Gasteiger partial charge on any atom is 0.335 e. The van der Waals surface area contributed by atoms with Crippen LogP contribution in [0.1, 0.15) is 64.9 Å². The lowest BCUT2D eigenvalue weighted by atomic mass is 9.81. The first-order chi connectivity index (χ1) is 20.6. The van der Waals surface area contributed by atoms with Crippen LogP contribution in [0.4, 0.5) is 4.79 Å². The van der Waals surface area contributed by atoms with E-state index < -0.39 is 24.2 Å². The summed E-state index contributed by atoms with van der Waals surface area (Å²) in [5.74, 6) is -0.215. The van der Waals surface area contributed by atoms with E-state index in [1.807, 2.05) is 51.1 Å². The van der Waals surface area contributed by atoms with Crippen LogP contribution in [-0.4, -0.2) is 79.2 Å². The molecule has 4 atom stereocenters. The molecule has 5 amide bonds. The number of nitrogens with two attached hydrogens (primary N) is 1. The zero-order valence-electron chi connectivity index (χ0n) is 25.9. The SMILES string of the molecule is CC[C@@H](/C=N/NC(=O)NC[C@H]1CC[C@H](C(=O)NC)CC1)NC(=O)[C@@H]1C[C@@H](OCc2ccccc2)CN1C(=O)[C@@H](N)C(C)C. The van der Waals surface area contributed by atoms with E-state index in [-0.39, 0.29) is 42.2 Å². The van der Waals surface area contributed by atoms with E-state index in [0.717, 1.165) is 31.2 Å². The van der Waals surface area contributed by atoms with Crippen molar-refractivity contribution in [1.82, 2.24) is 26.3 Å². The molecule has 1 heterocycles. The summed E-state index contributed by atoms with van der Waals surface area (Å²) < 4.78 is 6.09. The summed E-state index contributed by atoms with van der Waals surface area (Å²) in [6.45, 7) is 6.82. The maximum absolute atomic E-state index is 13.4. The quantitative estimate of drug-likeness (QED) is 0.171. The van der Waals surface area contributed by atoms with Gasteiger partial charge in [-0.1, -0.05) is 51.1 Å². The van der Waals surface area contributed by atoms with Crippen molar-refractivity contribution in [2.75, 3.05) is 20.1 Å². The van der Waals surface area contributed by atoms with E-state index in [1.54, 1.807) is 7.05 Å². The monoisotopic (exact) mass is 599 g/mol. The number of ether oxygens (including phenoxy) is 1. The zero-order chi connectivity index (χ0) is 31.4. The molecule has 2 aliphatic rings. The number of carbonyl (C=O) groups is 4. The molecule has 12 heteroatoms. The third kappa shape index (κ3) is 10.3. The van der Waals surface area contributed by atoms with E-state index in [9.17, 15) is 19.2 Å². The number of rotatable bonds is 13. The molecule has 238 valence electrons. The van der Waals surface area contributed by atoms with E-state index in [4.69, 9.17) is 10.5 Å². The molecule has 1 aromatic carbocycles. The molecule has 0 bridgehead atoms. The summed E-state index contributed by atoms with van der Waals surface area (Å²) in [6, 6.07) is 7.42. The van der Waals surface area contributed by atoms with E-state index in [0.29, 0.717) is 31.9 Å². The molecule has 0 aromatic heterocycles. The second-order valence-electron chi connectivity index (χ2n) is 11.9. The van der Waals surface area contributed by atoms with Crippen LogP contribution in [-0.2, 0) is 25.7 Å². The molecule has 1 aliphatic carbocycles. The average Bonchev–Trinajstić information content (AvgIpc) is 3.46. The Labute approximate surface area is 254 Å². The topological polar surface area (TPSA) is 167 Å². The van der Waals surface area contributed by atoms with Gasteiger partial charge in [0, 0.05) is 38.7 Å². The first-order valence-electron chi connectivity index (χ1n) is 15.4. The highest BCUT2D eigenvalue weighted by Gasteiger charge is 2.42. The van der Waals surface area contributed by atoms with Gasteiger partial charge in [-0.05, 0) is 49.5 Å². The second kappa shape index (κ2) is 17.0. The summed E-state index contributed by atoms with van der Waals surface area (Å²) >= 11 is 0. The molecule has 1 aliphatic heterocycles. The Hall–Kier alpha value is -3.51. The van der Waals surface area contributed by atoms with Crippen molar-refractivity contribution in [1.29, 1.82) is 0 Å². The van der Waals surface area contributed by atoms with Crippen LogP contribution in [0.5, 0.6) is 0 Å². The lowest BCUT2D eigenvalue weighted by molar-refractivity contribution is -0.140. The van der Waals surface area contributed by atoms with Crippen LogP contribution >= 0.6 is 0 Å². The summed E-state index contributed by atoms with van der Waals surface area (Å²) in [7, 11) is 1.65. The van der Waals surface area contributed by atoms with Crippen molar-refractivity contribution in [3.63, 3.8) is 0 Å². The van der Waals surface area contributed by atoms with Gasteiger partial charge in [0.1, 0.15) is 6.04 Å². The molecule has 43 heavy (non-hydrogen) atoms. The van der Waals surface area contributed by atoms with Gasteiger partial charge in [-0.15, -0.1) is 0 Å². The fraction of sp³-hybridized carbons (Fsp3) is 0.645. The van der Waals surface area contributed by atoms with Crippen LogP contribution in [0.15, 0.2) is 35.4 Å². The lowest BCUT2D eigenvalue weighted by Gasteiger charge is -2.28. The smallest absolute Gasteiger partial charge is 0.335 e. The summed E-state index contributed by atoms with van der Waals surface area (Å²) in [6.07, 6.45) is 5.46. The van der Waals surface area contributed by atoms with Gasteiger partial charge >= 0.3 is 6.03 Å². The summed E-state index contributed by atoms with van der Waals surface area (Å²) in [4.78, 5) is 52.3. The van der Waals surface area contributed by atoms with Gasteiger partial charge in [-0.3, -0.25) is 14.4 Å². The summed E-state index contributed by atoms with van der Waals surface area (Å²) in [5.41, 5.74) is 9.66. The van der Waals surface area contributed by atoms with E-state index >= 15 is 0 Å². The number of nitrogens with zero attached hydrogens (tertiary/aromatic N) is 2. The van der Waals surface area contributed by atoms with Crippen LogP contribution < -0.4 is 27.1 Å². The van der Waals surface area contributed by atoms with Gasteiger partial charge in [0.2, 0.25) is 17.7 Å². The minimum Gasteiger partial charge on any atom is -0.372 e. The minimum absolute atomic E-state index is 0.0509. The maximum atomic E-state index is 13.4. The predicted octanol–water partition coefficient (Wildman–Crippen LogP) is 1.89. The van der Waals surface area contributed by atoms with Crippen molar-refractivity contribution < 1.29 is 23.9 Å². The van der Waals surface area contributed by atoms with E-state index in [1.165, 1.54) is 11.1 Å². The number of likely N-dealkylation sites (tertiary alicyclic amines) is 1. The fourth-order valence-corrected chi connectivity index (χ4v) is 5.49. The predicted molar refractivity (Wildman–Crippen MR) is 165 cm³/mol. The molecule has 0 radical (unpaired) electrons. The first-order valence-corrected chi connectivity index (χ1v) is 15.4. The number of amides is 5. The highest BCUT2D eigenvalue weighted by Crippen LogP contribution is 2.28. The Morgan fingerprint density at radius 3 is 2.42 bits per heavy atom. The number of hydrogen-bond acceptors (Lipinski definition) is 7. The normalized spacial score (nSPS) is 23.5. The largest absolute Gasteiger partial charge is 0.372 e. The van der Waals surface area contributed by atoms with Gasteiger partial charge in [0.15, 0.2) is 0 Å². The Morgan fingerprint density at radius 2 is 1.79 bits per heavy atom. The van der Waals surface area contributed by atoms with Gasteiger partial charge in [0.05, 0.1) is 24.8 Å². The van der Waals surface area contributed by atoms with Crippen molar-refractivity contribution in [3.8, 4) is 0 Å². The molecule has 12 nitrogen and oxygen atoms in total. The van der Waals surface area contributed by atoms with Crippen molar-refractivity contribution in [2.45, 2.75) is 90.1 Å². The van der Waals surface area contributed by atoms with Crippen molar-refractivity contribution >= 4 is 30.0 Å². The fourth-order valence-electron chi connectivity index (χ4n) is 5.49. The molecular weight excluding hydrogens is 550 g/mol. The van der Waals surface area contributed by atoms with Crippen LogP contribution in [0.3, 0.4) is 0 Å². The zero-order valence-corrected chi connectivity index (χ0v) is 25.9. The number of benzene rings is 1. The van der Waals surface area contributed by atoms with Gasteiger partial charge in [-0.2, -0.15) is 5.10 Å². The highest BCUT2D eigenvalue weighted by atomic mass is 16.5. The third-order valence-corrected chi connectivity index (χ3v) is 8.38.